The van der Waals surface area contributed by atoms with E-state index < -0.39 is 46.7 Å². The van der Waals surface area contributed by atoms with E-state index in [1.807, 2.05) is 0 Å². The highest BCUT2D eigenvalue weighted by molar-refractivity contribution is 5.97. The second kappa shape index (κ2) is 10.8. The molecule has 0 saturated heterocycles. The third kappa shape index (κ3) is 4.73. The Morgan fingerprint density at radius 3 is 1.44 bits per heavy atom. The number of rotatable bonds is 9. The molecule has 0 N–H and O–H groups in total. The molecule has 0 atom stereocenters. The summed E-state index contributed by atoms with van der Waals surface area (Å²) >= 11 is 0. The predicted octanol–water partition coefficient (Wildman–Crippen LogP) is 5.56. The standard InChI is InChI=1S/C26H28F4O6/c1-5-33-15-9-11-19-17(13-15)21(22(23(31)35-7-3)24(32)36-8-4)18-14-16(34-6-2)10-12-20(18)26(29,30)25(19,27)28/h9-14,21-22H,5-8H2,1-4H3. The number of benzene rings is 2. The van der Waals surface area contributed by atoms with Crippen molar-refractivity contribution >= 4 is 11.9 Å². The van der Waals surface area contributed by atoms with Crippen LogP contribution in [0.25, 0.3) is 0 Å². The minimum atomic E-state index is -4.68. The molecule has 1 aliphatic carbocycles. The van der Waals surface area contributed by atoms with E-state index in [0.29, 0.717) is 0 Å². The van der Waals surface area contributed by atoms with E-state index >= 15 is 17.6 Å². The van der Waals surface area contributed by atoms with Crippen LogP contribution in [0.4, 0.5) is 17.6 Å². The van der Waals surface area contributed by atoms with E-state index in [4.69, 9.17) is 18.9 Å². The summed E-state index contributed by atoms with van der Waals surface area (Å²) in [5, 5.41) is 0. The molecule has 1 aliphatic rings. The fraction of sp³-hybridized carbons (Fsp3) is 0.462. The van der Waals surface area contributed by atoms with Crippen molar-refractivity contribution in [2.45, 2.75) is 45.5 Å². The zero-order valence-electron chi connectivity index (χ0n) is 20.4. The van der Waals surface area contributed by atoms with Crippen molar-refractivity contribution in [2.75, 3.05) is 26.4 Å². The zero-order chi connectivity index (χ0) is 26.7. The van der Waals surface area contributed by atoms with Crippen LogP contribution in [-0.4, -0.2) is 38.4 Å². The van der Waals surface area contributed by atoms with Crippen LogP contribution < -0.4 is 9.47 Å². The van der Waals surface area contributed by atoms with Gasteiger partial charge in [-0.3, -0.25) is 9.59 Å². The van der Waals surface area contributed by atoms with Crippen molar-refractivity contribution in [3.63, 3.8) is 0 Å². The van der Waals surface area contributed by atoms with Crippen LogP contribution in [-0.2, 0) is 30.9 Å². The number of fused-ring (bicyclic) bond motifs is 2. The van der Waals surface area contributed by atoms with E-state index in [1.165, 1.54) is 13.8 Å². The summed E-state index contributed by atoms with van der Waals surface area (Å²) in [5.41, 5.74) is -2.81. The lowest BCUT2D eigenvalue weighted by atomic mass is 9.78. The SMILES string of the molecule is CCOC(=O)C(C(=O)OCC)C1c2cc(OCC)ccc2C(F)(F)C(F)(F)c2ccc(OCC)cc21. The van der Waals surface area contributed by atoms with E-state index in [9.17, 15) is 9.59 Å². The Balaban J connectivity index is 2.46. The lowest BCUT2D eigenvalue weighted by Crippen LogP contribution is -2.35. The Bertz CT molecular complexity index is 1030. The third-order valence-electron chi connectivity index (χ3n) is 5.82. The maximum Gasteiger partial charge on any atom is 0.340 e. The molecule has 0 aliphatic heterocycles. The lowest BCUT2D eigenvalue weighted by Gasteiger charge is -2.27. The van der Waals surface area contributed by atoms with Gasteiger partial charge in [0.15, 0.2) is 5.92 Å². The molecule has 2 aromatic rings. The molecule has 36 heavy (non-hydrogen) atoms. The molecule has 0 aromatic heterocycles. The maximum atomic E-state index is 15.6. The minimum absolute atomic E-state index is 0.108. The predicted molar refractivity (Wildman–Crippen MR) is 122 cm³/mol. The van der Waals surface area contributed by atoms with Crippen LogP contribution in [0.15, 0.2) is 36.4 Å². The molecule has 0 unspecified atom stereocenters. The van der Waals surface area contributed by atoms with Crippen LogP contribution in [0.5, 0.6) is 11.5 Å². The highest BCUT2D eigenvalue weighted by Gasteiger charge is 2.63. The van der Waals surface area contributed by atoms with Gasteiger partial charge < -0.3 is 18.9 Å². The van der Waals surface area contributed by atoms with Gasteiger partial charge in [0, 0.05) is 17.0 Å². The van der Waals surface area contributed by atoms with Gasteiger partial charge in [-0.15, -0.1) is 0 Å². The molecule has 2 aromatic carbocycles. The molecule has 0 bridgehead atoms. The van der Waals surface area contributed by atoms with Gasteiger partial charge in [0.05, 0.1) is 26.4 Å². The van der Waals surface area contributed by atoms with Crippen LogP contribution >= 0.6 is 0 Å². The summed E-state index contributed by atoms with van der Waals surface area (Å²) in [5.74, 6) is -14.8. The van der Waals surface area contributed by atoms with Crippen molar-refractivity contribution in [1.82, 2.24) is 0 Å². The van der Waals surface area contributed by atoms with Crippen LogP contribution in [0, 0.1) is 5.92 Å². The molecule has 3 rings (SSSR count). The first-order valence-corrected chi connectivity index (χ1v) is 11.7. The van der Waals surface area contributed by atoms with E-state index in [0.717, 1.165) is 36.4 Å². The number of carbonyl (C=O) groups excluding carboxylic acids is 2. The topological polar surface area (TPSA) is 71.1 Å². The number of esters is 2. The van der Waals surface area contributed by atoms with Crippen molar-refractivity contribution in [1.29, 1.82) is 0 Å². The first-order valence-electron chi connectivity index (χ1n) is 11.7. The molecule has 10 heteroatoms. The van der Waals surface area contributed by atoms with Gasteiger partial charge in [-0.25, -0.2) is 0 Å². The monoisotopic (exact) mass is 512 g/mol. The van der Waals surface area contributed by atoms with Gasteiger partial charge in [-0.1, -0.05) is 0 Å². The lowest BCUT2D eigenvalue weighted by molar-refractivity contribution is -0.223. The zero-order valence-corrected chi connectivity index (χ0v) is 20.4. The Kier molecular flexibility index (Phi) is 8.15. The number of hydrogen-bond donors (Lipinski definition) is 0. The molecular weight excluding hydrogens is 484 g/mol. The fourth-order valence-electron chi connectivity index (χ4n) is 4.38. The van der Waals surface area contributed by atoms with Gasteiger partial charge in [0.1, 0.15) is 11.5 Å². The average Bonchev–Trinajstić information content (AvgIpc) is 2.87. The Labute approximate surface area is 206 Å². The van der Waals surface area contributed by atoms with Gasteiger partial charge in [0.25, 0.3) is 0 Å². The van der Waals surface area contributed by atoms with E-state index in [1.54, 1.807) is 13.8 Å². The average molecular weight is 512 g/mol. The molecule has 0 fully saturated rings. The Hall–Kier alpha value is -3.30. The normalized spacial score (nSPS) is 15.9. The number of ether oxygens (including phenoxy) is 4. The first-order chi connectivity index (χ1) is 17.0. The summed E-state index contributed by atoms with van der Waals surface area (Å²) in [6, 6.07) is 6.28. The van der Waals surface area contributed by atoms with Crippen LogP contribution in [0.2, 0.25) is 0 Å². The fourth-order valence-corrected chi connectivity index (χ4v) is 4.38. The Morgan fingerprint density at radius 2 is 1.11 bits per heavy atom. The molecule has 0 spiro atoms. The summed E-state index contributed by atoms with van der Waals surface area (Å²) < 4.78 is 83.3. The van der Waals surface area contributed by atoms with Crippen LogP contribution in [0.3, 0.4) is 0 Å². The second-order valence-electron chi connectivity index (χ2n) is 7.97. The molecule has 0 radical (unpaired) electrons. The molecule has 196 valence electrons. The van der Waals surface area contributed by atoms with Crippen molar-refractivity contribution in [2.24, 2.45) is 5.92 Å². The summed E-state index contributed by atoms with van der Waals surface area (Å²) in [6.45, 7) is 6.39. The second-order valence-corrected chi connectivity index (χ2v) is 7.97. The third-order valence-corrected chi connectivity index (χ3v) is 5.82. The van der Waals surface area contributed by atoms with E-state index in [-0.39, 0.29) is 49.1 Å². The maximum absolute atomic E-state index is 15.6. The molecule has 0 heterocycles. The smallest absolute Gasteiger partial charge is 0.340 e. The number of hydrogen-bond acceptors (Lipinski definition) is 6. The van der Waals surface area contributed by atoms with Gasteiger partial charge in [-0.2, -0.15) is 17.6 Å². The minimum Gasteiger partial charge on any atom is -0.494 e. The van der Waals surface area contributed by atoms with Crippen molar-refractivity contribution in [3.05, 3.63) is 58.7 Å². The molecule has 0 saturated carbocycles. The highest BCUT2D eigenvalue weighted by atomic mass is 19.3. The quantitative estimate of drug-likeness (QED) is 0.249. The highest BCUT2D eigenvalue weighted by Crippen LogP contribution is 2.58. The van der Waals surface area contributed by atoms with Crippen molar-refractivity contribution in [3.8, 4) is 11.5 Å². The first kappa shape index (κ1) is 27.3. The summed E-state index contributed by atoms with van der Waals surface area (Å²) in [7, 11) is 0. The molecular formula is C26H28F4O6. The number of carbonyl (C=O) groups is 2. The molecule has 6 nitrogen and oxygen atoms in total. The molecule has 0 amide bonds. The Morgan fingerprint density at radius 1 is 0.722 bits per heavy atom. The van der Waals surface area contributed by atoms with Gasteiger partial charge >= 0.3 is 23.8 Å². The van der Waals surface area contributed by atoms with Crippen molar-refractivity contribution < 1.29 is 46.1 Å². The number of halogens is 4. The summed E-state index contributed by atoms with van der Waals surface area (Å²) in [6.07, 6.45) is 0. The van der Waals surface area contributed by atoms with Gasteiger partial charge in [0.2, 0.25) is 0 Å². The van der Waals surface area contributed by atoms with Gasteiger partial charge in [-0.05, 0) is 75.2 Å². The summed E-state index contributed by atoms with van der Waals surface area (Å²) in [4.78, 5) is 26.1. The van der Waals surface area contributed by atoms with Crippen LogP contribution in [0.1, 0.15) is 55.9 Å². The largest absolute Gasteiger partial charge is 0.494 e. The van der Waals surface area contributed by atoms with E-state index in [2.05, 4.69) is 0 Å². The number of alkyl halides is 4.